The van der Waals surface area contributed by atoms with Gasteiger partial charge in [-0.3, -0.25) is 0 Å². The highest BCUT2D eigenvalue weighted by Gasteiger charge is 2.28. The van der Waals surface area contributed by atoms with Crippen LogP contribution in [0.3, 0.4) is 0 Å². The van der Waals surface area contributed by atoms with Gasteiger partial charge in [-0.25, -0.2) is 4.67 Å². The Hall–Kier alpha value is -0.200. The first-order valence-corrected chi connectivity index (χ1v) is 15.1. The largest absolute Gasteiger partial charge is 0.322 e. The number of nitriles is 1. The fourth-order valence-electron chi connectivity index (χ4n) is 4.78. The maximum Gasteiger partial charge on any atom is 0.259 e. The Morgan fingerprint density at radius 1 is 0.788 bits per heavy atom. The number of nitrogens with zero attached hydrogens (tertiary/aromatic N) is 2. The van der Waals surface area contributed by atoms with Gasteiger partial charge in [0.2, 0.25) is 0 Å². The summed E-state index contributed by atoms with van der Waals surface area (Å²) < 4.78 is 14.8. The van der Waals surface area contributed by atoms with Crippen LogP contribution in [0.5, 0.6) is 0 Å². The average Bonchev–Trinajstić information content (AvgIpc) is 2.75. The highest BCUT2D eigenvalue weighted by Crippen LogP contribution is 2.46. The van der Waals surface area contributed by atoms with Crippen LogP contribution in [0.15, 0.2) is 0 Å². The van der Waals surface area contributed by atoms with Crippen LogP contribution in [0, 0.1) is 29.1 Å². The first-order chi connectivity index (χ1) is 15.8. The van der Waals surface area contributed by atoms with Gasteiger partial charge in [-0.2, -0.15) is 5.26 Å². The van der Waals surface area contributed by atoms with Crippen LogP contribution in [0.4, 0.5) is 0 Å². The fraction of sp³-hybridized carbons (Fsp3) is 0.964. The van der Waals surface area contributed by atoms with Gasteiger partial charge in [-0.05, 0) is 51.9 Å². The second-order valence-corrected chi connectivity index (χ2v) is 12.1. The van der Waals surface area contributed by atoms with Gasteiger partial charge in [0.25, 0.3) is 8.53 Å². The van der Waals surface area contributed by atoms with Crippen LogP contribution in [-0.4, -0.2) is 30.0 Å². The molecule has 0 saturated heterocycles. The summed E-state index contributed by atoms with van der Waals surface area (Å²) >= 11 is 0. The third-order valence-electron chi connectivity index (χ3n) is 6.57. The normalized spacial score (nSPS) is 15.7. The molecule has 0 aromatic rings. The molecule has 0 spiro atoms. The molecule has 0 radical (unpaired) electrons. The van der Waals surface area contributed by atoms with Crippen molar-refractivity contribution in [3.8, 4) is 6.07 Å². The molecule has 0 aliphatic carbocycles. The molecule has 4 nitrogen and oxygen atoms in total. The lowest BCUT2D eigenvalue weighted by Gasteiger charge is -2.36. The van der Waals surface area contributed by atoms with Crippen molar-refractivity contribution in [2.45, 2.75) is 145 Å². The summed E-state index contributed by atoms with van der Waals surface area (Å²) in [7, 11) is -1.13. The van der Waals surface area contributed by atoms with Crippen molar-refractivity contribution in [3.05, 3.63) is 0 Å². The summed E-state index contributed by atoms with van der Waals surface area (Å²) in [4.78, 5) is 0. The minimum absolute atomic E-state index is 0.350. The first-order valence-electron chi connectivity index (χ1n) is 14.0. The summed E-state index contributed by atoms with van der Waals surface area (Å²) in [5.74, 6) is 2.10. The molecular weight excluding hydrogens is 427 g/mol. The Morgan fingerprint density at radius 2 is 1.33 bits per heavy atom. The van der Waals surface area contributed by atoms with Crippen molar-refractivity contribution in [1.29, 1.82) is 5.26 Å². The summed E-state index contributed by atoms with van der Waals surface area (Å²) in [6.07, 6.45) is 15.3. The van der Waals surface area contributed by atoms with Gasteiger partial charge in [0, 0.05) is 12.1 Å². The van der Waals surface area contributed by atoms with Crippen molar-refractivity contribution < 1.29 is 9.05 Å². The second-order valence-electron chi connectivity index (χ2n) is 10.6. The molecule has 196 valence electrons. The van der Waals surface area contributed by atoms with E-state index in [-0.39, 0.29) is 0 Å². The molecule has 0 fully saturated rings. The van der Waals surface area contributed by atoms with E-state index < -0.39 is 8.53 Å². The van der Waals surface area contributed by atoms with E-state index in [4.69, 9.17) is 14.3 Å². The number of hydrogen-bond acceptors (Lipinski definition) is 4. The zero-order valence-electron chi connectivity index (χ0n) is 23.4. The highest BCUT2D eigenvalue weighted by atomic mass is 31.2. The van der Waals surface area contributed by atoms with Gasteiger partial charge in [-0.1, -0.05) is 91.9 Å². The molecule has 0 aliphatic heterocycles. The monoisotopic (exact) mass is 484 g/mol. The standard InChI is InChI=1S/C28H57N2O2P/c1-9-11-13-14-16-19-28(18-15-12-10-2)27(8)22-26(7)23-32-33(31-21-17-20-29)30(24(3)4)25(5)6/h24-28H,9-19,21-23H2,1-8H3. The molecule has 33 heavy (non-hydrogen) atoms. The Bertz CT molecular complexity index is 473. The van der Waals surface area contributed by atoms with Crippen LogP contribution in [0.25, 0.3) is 0 Å². The van der Waals surface area contributed by atoms with Crippen LogP contribution in [0.1, 0.15) is 132 Å². The van der Waals surface area contributed by atoms with Gasteiger partial charge in [-0.15, -0.1) is 0 Å². The molecule has 0 saturated carbocycles. The van der Waals surface area contributed by atoms with Crippen molar-refractivity contribution in [2.24, 2.45) is 17.8 Å². The Labute approximate surface area is 209 Å². The molecule has 0 aliphatic rings. The third kappa shape index (κ3) is 16.2. The molecule has 0 N–H and O–H groups in total. The smallest absolute Gasteiger partial charge is 0.259 e. The lowest BCUT2D eigenvalue weighted by molar-refractivity contribution is 0.147. The Balaban J connectivity index is 4.83. The minimum atomic E-state index is -1.13. The zero-order chi connectivity index (χ0) is 25.1. The fourth-order valence-corrected chi connectivity index (χ4v) is 6.50. The molecule has 4 unspecified atom stereocenters. The lowest BCUT2D eigenvalue weighted by atomic mass is 9.80. The van der Waals surface area contributed by atoms with Gasteiger partial charge < -0.3 is 9.05 Å². The van der Waals surface area contributed by atoms with Gasteiger partial charge in [0.15, 0.2) is 0 Å². The summed E-state index contributed by atoms with van der Waals surface area (Å²) in [6.45, 7) is 19.4. The van der Waals surface area contributed by atoms with E-state index in [1.54, 1.807) is 0 Å². The molecule has 0 aromatic heterocycles. The maximum atomic E-state index is 8.91. The number of rotatable bonds is 22. The Morgan fingerprint density at radius 3 is 1.88 bits per heavy atom. The van der Waals surface area contributed by atoms with Crippen LogP contribution >= 0.6 is 8.53 Å². The van der Waals surface area contributed by atoms with E-state index in [0.29, 0.717) is 31.0 Å². The predicted molar refractivity (Wildman–Crippen MR) is 145 cm³/mol. The van der Waals surface area contributed by atoms with Crippen molar-refractivity contribution >= 4 is 8.53 Å². The molecule has 0 amide bonds. The van der Waals surface area contributed by atoms with Gasteiger partial charge in [0.05, 0.1) is 25.7 Å². The SMILES string of the molecule is CCCCCCCC(CCCCC)C(C)CC(C)COP(OCCC#N)N(C(C)C)C(C)C. The quantitative estimate of drug-likeness (QED) is 0.113. The lowest BCUT2D eigenvalue weighted by Crippen LogP contribution is -2.34. The predicted octanol–water partition coefficient (Wildman–Crippen LogP) is 9.50. The minimum Gasteiger partial charge on any atom is -0.322 e. The van der Waals surface area contributed by atoms with E-state index in [1.165, 1.54) is 70.6 Å². The van der Waals surface area contributed by atoms with E-state index >= 15 is 0 Å². The van der Waals surface area contributed by atoms with Crippen LogP contribution in [-0.2, 0) is 9.05 Å². The van der Waals surface area contributed by atoms with Crippen molar-refractivity contribution in [2.75, 3.05) is 13.2 Å². The topological polar surface area (TPSA) is 45.5 Å². The number of hydrogen-bond donors (Lipinski definition) is 0. The molecule has 0 heterocycles. The maximum absolute atomic E-state index is 8.91. The van der Waals surface area contributed by atoms with Crippen LogP contribution < -0.4 is 0 Å². The van der Waals surface area contributed by atoms with Crippen LogP contribution in [0.2, 0.25) is 0 Å². The summed E-state index contributed by atoms with van der Waals surface area (Å²) in [5, 5.41) is 8.91. The van der Waals surface area contributed by atoms with E-state index in [0.717, 1.165) is 18.4 Å². The number of unbranched alkanes of at least 4 members (excludes halogenated alkanes) is 6. The Kier molecular flexibility index (Phi) is 21.0. The van der Waals surface area contributed by atoms with E-state index in [1.807, 2.05) is 0 Å². The molecule has 0 rings (SSSR count). The van der Waals surface area contributed by atoms with E-state index in [2.05, 4.69) is 66.1 Å². The molecule has 0 bridgehead atoms. The average molecular weight is 485 g/mol. The third-order valence-corrected chi connectivity index (χ3v) is 8.64. The van der Waals surface area contributed by atoms with Crippen molar-refractivity contribution in [1.82, 2.24) is 4.67 Å². The molecule has 4 atom stereocenters. The first kappa shape index (κ1) is 32.8. The highest BCUT2D eigenvalue weighted by molar-refractivity contribution is 7.44. The van der Waals surface area contributed by atoms with Gasteiger partial charge in [0.1, 0.15) is 0 Å². The summed E-state index contributed by atoms with van der Waals surface area (Å²) in [6, 6.07) is 2.88. The molecular formula is C28H57N2O2P. The zero-order valence-corrected chi connectivity index (χ0v) is 24.3. The van der Waals surface area contributed by atoms with E-state index in [9.17, 15) is 0 Å². The van der Waals surface area contributed by atoms with Gasteiger partial charge >= 0.3 is 0 Å². The molecule has 5 heteroatoms. The summed E-state index contributed by atoms with van der Waals surface area (Å²) in [5.41, 5.74) is 0. The van der Waals surface area contributed by atoms with Crippen molar-refractivity contribution in [3.63, 3.8) is 0 Å². The second kappa shape index (κ2) is 21.1. The molecule has 0 aromatic carbocycles.